The van der Waals surface area contributed by atoms with E-state index in [9.17, 15) is 0 Å². The minimum Gasteiger partial charge on any atom is -0.497 e. The fourth-order valence-electron chi connectivity index (χ4n) is 2.93. The highest BCUT2D eigenvalue weighted by atomic mass is 127. The summed E-state index contributed by atoms with van der Waals surface area (Å²) in [4.78, 5) is 6.97. The molecule has 0 aliphatic carbocycles. The van der Waals surface area contributed by atoms with Crippen LogP contribution in [0.15, 0.2) is 29.3 Å². The number of guanidine groups is 1. The SMILES string of the molecule is CCNC(=NCC(c1ccc(OC)cc1)N(C)C)NCC1CCCO1.I. The van der Waals surface area contributed by atoms with Crippen LogP contribution in [0.5, 0.6) is 5.75 Å². The highest BCUT2D eigenvalue weighted by Crippen LogP contribution is 2.21. The molecule has 1 aromatic carbocycles. The average molecular weight is 476 g/mol. The third-order valence-corrected chi connectivity index (χ3v) is 4.41. The van der Waals surface area contributed by atoms with Gasteiger partial charge in [-0.1, -0.05) is 12.1 Å². The molecule has 0 saturated carbocycles. The zero-order valence-corrected chi connectivity index (χ0v) is 18.7. The summed E-state index contributed by atoms with van der Waals surface area (Å²) in [5.41, 5.74) is 1.23. The number of ether oxygens (including phenoxy) is 2. The molecule has 1 saturated heterocycles. The molecule has 26 heavy (non-hydrogen) atoms. The summed E-state index contributed by atoms with van der Waals surface area (Å²) in [5.74, 6) is 1.72. The van der Waals surface area contributed by atoms with Gasteiger partial charge in [-0.2, -0.15) is 0 Å². The Balaban J connectivity index is 0.00000338. The number of aliphatic imine (C=N–C) groups is 1. The third kappa shape index (κ3) is 7.28. The predicted molar refractivity (Wildman–Crippen MR) is 118 cm³/mol. The van der Waals surface area contributed by atoms with Gasteiger partial charge >= 0.3 is 0 Å². The largest absolute Gasteiger partial charge is 0.497 e. The third-order valence-electron chi connectivity index (χ3n) is 4.41. The summed E-state index contributed by atoms with van der Waals surface area (Å²) in [5, 5.41) is 6.72. The predicted octanol–water partition coefficient (Wildman–Crippen LogP) is 2.65. The second-order valence-corrected chi connectivity index (χ2v) is 6.49. The van der Waals surface area contributed by atoms with Gasteiger partial charge in [-0.25, -0.2) is 0 Å². The smallest absolute Gasteiger partial charge is 0.191 e. The Labute approximate surface area is 174 Å². The van der Waals surface area contributed by atoms with E-state index in [4.69, 9.17) is 14.5 Å². The van der Waals surface area contributed by atoms with Crippen LogP contribution in [0.2, 0.25) is 0 Å². The zero-order chi connectivity index (χ0) is 18.1. The van der Waals surface area contributed by atoms with E-state index in [2.05, 4.69) is 48.7 Å². The highest BCUT2D eigenvalue weighted by Gasteiger charge is 2.17. The number of halogens is 1. The lowest BCUT2D eigenvalue weighted by molar-refractivity contribution is 0.114. The highest BCUT2D eigenvalue weighted by molar-refractivity contribution is 14.0. The Bertz CT molecular complexity index is 531. The second kappa shape index (κ2) is 12.3. The van der Waals surface area contributed by atoms with Crippen molar-refractivity contribution in [1.29, 1.82) is 0 Å². The summed E-state index contributed by atoms with van der Waals surface area (Å²) in [6.45, 7) is 5.28. The Morgan fingerprint density at radius 2 is 2.04 bits per heavy atom. The first kappa shape index (κ1) is 23.0. The van der Waals surface area contributed by atoms with Gasteiger partial charge in [0.15, 0.2) is 5.96 Å². The molecule has 0 radical (unpaired) electrons. The molecule has 148 valence electrons. The van der Waals surface area contributed by atoms with Gasteiger partial charge < -0.3 is 25.0 Å². The maximum atomic E-state index is 5.67. The number of methoxy groups -OCH3 is 1. The van der Waals surface area contributed by atoms with E-state index in [0.717, 1.165) is 44.2 Å². The molecule has 0 bridgehead atoms. The van der Waals surface area contributed by atoms with Crippen molar-refractivity contribution in [2.75, 3.05) is 47.4 Å². The minimum absolute atomic E-state index is 0. The number of hydrogen-bond acceptors (Lipinski definition) is 4. The molecular weight excluding hydrogens is 443 g/mol. The number of rotatable bonds is 8. The van der Waals surface area contributed by atoms with Crippen molar-refractivity contribution in [2.24, 2.45) is 4.99 Å². The number of nitrogens with zero attached hydrogens (tertiary/aromatic N) is 2. The van der Waals surface area contributed by atoms with Crippen molar-refractivity contribution in [3.8, 4) is 5.75 Å². The van der Waals surface area contributed by atoms with E-state index in [1.807, 2.05) is 12.1 Å². The Morgan fingerprint density at radius 1 is 1.31 bits per heavy atom. The number of hydrogen-bond donors (Lipinski definition) is 2. The van der Waals surface area contributed by atoms with E-state index in [1.165, 1.54) is 5.56 Å². The maximum Gasteiger partial charge on any atom is 0.191 e. The van der Waals surface area contributed by atoms with E-state index in [-0.39, 0.29) is 30.0 Å². The summed E-state index contributed by atoms with van der Waals surface area (Å²) >= 11 is 0. The average Bonchev–Trinajstić information content (AvgIpc) is 3.13. The first-order chi connectivity index (χ1) is 12.1. The van der Waals surface area contributed by atoms with Crippen LogP contribution in [-0.4, -0.2) is 64.4 Å². The van der Waals surface area contributed by atoms with Gasteiger partial charge in [0.05, 0.1) is 25.8 Å². The Hall–Kier alpha value is -1.06. The standard InChI is InChI=1S/C19H32N4O2.HI/c1-5-20-19(21-13-17-7-6-12-25-17)22-14-18(23(2)3)15-8-10-16(24-4)11-9-15;/h8-11,17-18H,5-7,12-14H2,1-4H3,(H2,20,21,22);1H. The van der Waals surface area contributed by atoms with Gasteiger partial charge in [0.2, 0.25) is 0 Å². The lowest BCUT2D eigenvalue weighted by Crippen LogP contribution is -2.41. The molecule has 1 fully saturated rings. The van der Waals surface area contributed by atoms with Crippen LogP contribution in [0.4, 0.5) is 0 Å². The number of benzene rings is 1. The lowest BCUT2D eigenvalue weighted by Gasteiger charge is -2.24. The van der Waals surface area contributed by atoms with Gasteiger partial charge in [-0.05, 0) is 51.6 Å². The molecule has 2 unspecified atom stereocenters. The Morgan fingerprint density at radius 3 is 2.58 bits per heavy atom. The molecule has 1 heterocycles. The summed E-state index contributed by atoms with van der Waals surface area (Å²) < 4.78 is 10.9. The molecule has 1 aliphatic rings. The lowest BCUT2D eigenvalue weighted by atomic mass is 10.1. The van der Waals surface area contributed by atoms with Crippen LogP contribution in [0.3, 0.4) is 0 Å². The van der Waals surface area contributed by atoms with Gasteiger partial charge in [-0.3, -0.25) is 4.99 Å². The number of nitrogens with one attached hydrogen (secondary N) is 2. The van der Waals surface area contributed by atoms with E-state index in [1.54, 1.807) is 7.11 Å². The topological polar surface area (TPSA) is 58.1 Å². The minimum atomic E-state index is 0. The van der Waals surface area contributed by atoms with Crippen LogP contribution in [0.1, 0.15) is 31.4 Å². The first-order valence-electron chi connectivity index (χ1n) is 9.08. The molecule has 1 aromatic rings. The monoisotopic (exact) mass is 476 g/mol. The molecule has 7 heteroatoms. The van der Waals surface area contributed by atoms with E-state index < -0.39 is 0 Å². The summed E-state index contributed by atoms with van der Waals surface area (Å²) in [7, 11) is 5.85. The molecule has 2 N–H and O–H groups in total. The summed E-state index contributed by atoms with van der Waals surface area (Å²) in [6, 6.07) is 8.41. The fraction of sp³-hybridized carbons (Fsp3) is 0.632. The molecule has 0 amide bonds. The van der Waals surface area contributed by atoms with Gasteiger partial charge in [0.25, 0.3) is 0 Å². The first-order valence-corrected chi connectivity index (χ1v) is 9.08. The van der Waals surface area contributed by atoms with E-state index >= 15 is 0 Å². The Kier molecular flexibility index (Phi) is 10.9. The van der Waals surface area contributed by atoms with Gasteiger partial charge in [0.1, 0.15) is 5.75 Å². The number of likely N-dealkylation sites (N-methyl/N-ethyl adjacent to an activating group) is 1. The van der Waals surface area contributed by atoms with Crippen molar-refractivity contribution in [1.82, 2.24) is 15.5 Å². The van der Waals surface area contributed by atoms with Crippen molar-refractivity contribution < 1.29 is 9.47 Å². The summed E-state index contributed by atoms with van der Waals surface area (Å²) in [6.07, 6.45) is 2.58. The van der Waals surface area contributed by atoms with Crippen LogP contribution in [0, 0.1) is 0 Å². The normalized spacial score (nSPS) is 18.3. The van der Waals surface area contributed by atoms with Crippen LogP contribution in [-0.2, 0) is 4.74 Å². The van der Waals surface area contributed by atoms with Crippen molar-refractivity contribution in [3.63, 3.8) is 0 Å². The fourth-order valence-corrected chi connectivity index (χ4v) is 2.93. The second-order valence-electron chi connectivity index (χ2n) is 6.49. The molecule has 2 atom stereocenters. The van der Waals surface area contributed by atoms with E-state index in [0.29, 0.717) is 12.6 Å². The van der Waals surface area contributed by atoms with Crippen molar-refractivity contribution in [2.45, 2.75) is 31.9 Å². The van der Waals surface area contributed by atoms with Crippen LogP contribution >= 0.6 is 24.0 Å². The van der Waals surface area contributed by atoms with Crippen molar-refractivity contribution in [3.05, 3.63) is 29.8 Å². The molecule has 1 aliphatic heterocycles. The maximum absolute atomic E-state index is 5.67. The van der Waals surface area contributed by atoms with Gasteiger partial charge in [0, 0.05) is 19.7 Å². The van der Waals surface area contributed by atoms with Crippen LogP contribution < -0.4 is 15.4 Å². The molecular formula is C19H33IN4O2. The van der Waals surface area contributed by atoms with Gasteiger partial charge in [-0.15, -0.1) is 24.0 Å². The quantitative estimate of drug-likeness (QED) is 0.343. The molecule has 0 aromatic heterocycles. The molecule has 6 nitrogen and oxygen atoms in total. The molecule has 0 spiro atoms. The molecule has 2 rings (SSSR count). The zero-order valence-electron chi connectivity index (χ0n) is 16.3. The van der Waals surface area contributed by atoms with Crippen LogP contribution in [0.25, 0.3) is 0 Å². The van der Waals surface area contributed by atoms with Crippen molar-refractivity contribution >= 4 is 29.9 Å².